The molecule has 0 spiro atoms. The van der Waals surface area contributed by atoms with Crippen LogP contribution in [-0.2, 0) is 14.4 Å². The van der Waals surface area contributed by atoms with Gasteiger partial charge in [-0.1, -0.05) is 26.2 Å². The van der Waals surface area contributed by atoms with Crippen LogP contribution in [0.2, 0.25) is 0 Å². The van der Waals surface area contributed by atoms with E-state index in [-0.39, 0.29) is 17.9 Å². The van der Waals surface area contributed by atoms with Gasteiger partial charge in [0.25, 0.3) is 0 Å². The number of aliphatic carboxylic acids is 2. The fourth-order valence-corrected chi connectivity index (χ4v) is 4.43. The third kappa shape index (κ3) is 3.99. The smallest absolute Gasteiger partial charge is 0.326 e. The molecule has 0 aromatic heterocycles. The third-order valence-corrected chi connectivity index (χ3v) is 5.93. The zero-order valence-electron chi connectivity index (χ0n) is 15.4. The van der Waals surface area contributed by atoms with Crippen LogP contribution in [0.15, 0.2) is 0 Å². The summed E-state index contributed by atoms with van der Waals surface area (Å²) in [7, 11) is 1.64. The van der Waals surface area contributed by atoms with Crippen LogP contribution in [0.3, 0.4) is 0 Å². The topological polar surface area (TPSA) is 98.2 Å². The highest BCUT2D eigenvalue weighted by atomic mass is 16.4. The summed E-state index contributed by atoms with van der Waals surface area (Å²) in [5.41, 5.74) is 0. The van der Waals surface area contributed by atoms with Gasteiger partial charge < -0.3 is 19.9 Å². The molecule has 0 aromatic rings. The first-order valence-corrected chi connectivity index (χ1v) is 9.29. The first kappa shape index (κ1) is 19.8. The number of rotatable bonds is 7. The maximum absolute atomic E-state index is 13.1. The molecule has 25 heavy (non-hydrogen) atoms. The largest absolute Gasteiger partial charge is 0.480 e. The van der Waals surface area contributed by atoms with Gasteiger partial charge in [-0.2, -0.15) is 0 Å². The monoisotopic (exact) mass is 352 g/mol. The molecule has 2 aliphatic rings. The lowest BCUT2D eigenvalue weighted by Gasteiger charge is -2.38. The molecule has 2 N–H and O–H groups in total. The summed E-state index contributed by atoms with van der Waals surface area (Å²) in [5.74, 6) is -1.91. The van der Waals surface area contributed by atoms with Crippen molar-refractivity contribution in [2.45, 2.75) is 83.0 Å². The number of hydrogen-bond acceptors (Lipinski definition) is 4. The van der Waals surface area contributed by atoms with E-state index in [0.29, 0.717) is 19.3 Å². The highest BCUT2D eigenvalue weighted by Crippen LogP contribution is 2.40. The van der Waals surface area contributed by atoms with Crippen molar-refractivity contribution in [2.24, 2.45) is 5.92 Å². The average molecular weight is 352 g/mol. The SMILES string of the molecule is BN([C@@H](C)C(=O)N1[C@H](C(=O)O)C[C@@H]2CCCC[C@@H]21)[C@@H](CCC)C(=O)O. The van der Waals surface area contributed by atoms with Crippen LogP contribution in [0.1, 0.15) is 58.8 Å². The van der Waals surface area contributed by atoms with E-state index < -0.39 is 30.1 Å². The molecule has 1 aliphatic heterocycles. The fourth-order valence-electron chi connectivity index (χ4n) is 4.43. The predicted octanol–water partition coefficient (Wildman–Crippen LogP) is 0.723. The van der Waals surface area contributed by atoms with E-state index in [1.807, 2.05) is 6.92 Å². The fraction of sp³-hybridized carbons (Fsp3) is 0.824. The Bertz CT molecular complexity index is 529. The van der Waals surface area contributed by atoms with Crippen LogP contribution in [0.5, 0.6) is 0 Å². The van der Waals surface area contributed by atoms with Gasteiger partial charge in [0.2, 0.25) is 5.91 Å². The number of nitrogens with zero attached hydrogens (tertiary/aromatic N) is 2. The van der Waals surface area contributed by atoms with Gasteiger partial charge >= 0.3 is 11.9 Å². The first-order valence-electron chi connectivity index (χ1n) is 9.29. The number of hydrogen-bond donors (Lipinski definition) is 2. The predicted molar refractivity (Wildman–Crippen MR) is 94.8 cm³/mol. The van der Waals surface area contributed by atoms with E-state index in [9.17, 15) is 24.6 Å². The van der Waals surface area contributed by atoms with Crippen LogP contribution in [0.4, 0.5) is 0 Å². The van der Waals surface area contributed by atoms with Crippen LogP contribution < -0.4 is 0 Å². The Labute approximate surface area is 149 Å². The standard InChI is InChI=1S/C17H29BN2O5/c1-3-6-13(16(22)23)20(18)10(2)15(21)19-12-8-5-4-7-11(12)9-14(19)17(24)25/h10-14H,3-9,18H2,1-2H3,(H,22,23)(H,24,25)/t10-,11-,12-,13-,14-/m0/s1. The van der Waals surface area contributed by atoms with Gasteiger partial charge in [0.15, 0.2) is 7.98 Å². The van der Waals surface area contributed by atoms with Crippen LogP contribution >= 0.6 is 0 Å². The van der Waals surface area contributed by atoms with Gasteiger partial charge in [0.1, 0.15) is 6.04 Å². The van der Waals surface area contributed by atoms with Crippen molar-refractivity contribution in [1.29, 1.82) is 0 Å². The molecule has 1 aliphatic carbocycles. The average Bonchev–Trinajstić information content (AvgIpc) is 2.97. The first-order chi connectivity index (χ1) is 11.8. The highest BCUT2D eigenvalue weighted by molar-refractivity contribution is 6.08. The van der Waals surface area contributed by atoms with E-state index in [1.54, 1.807) is 24.6 Å². The van der Waals surface area contributed by atoms with Crippen LogP contribution in [-0.4, -0.2) is 69.9 Å². The number of carbonyl (C=O) groups excluding carboxylic acids is 1. The van der Waals surface area contributed by atoms with Crippen molar-refractivity contribution in [1.82, 2.24) is 9.71 Å². The summed E-state index contributed by atoms with van der Waals surface area (Å²) < 4.78 is 0. The maximum atomic E-state index is 13.1. The van der Waals surface area contributed by atoms with Gasteiger partial charge in [-0.05, 0) is 38.5 Å². The van der Waals surface area contributed by atoms with Gasteiger partial charge in [-0.3, -0.25) is 9.59 Å². The molecule has 0 unspecified atom stereocenters. The molecule has 1 heterocycles. The highest BCUT2D eigenvalue weighted by Gasteiger charge is 2.49. The molecule has 0 bridgehead atoms. The molecule has 7 nitrogen and oxygen atoms in total. The second-order valence-electron chi connectivity index (χ2n) is 7.43. The minimum Gasteiger partial charge on any atom is -0.480 e. The van der Waals surface area contributed by atoms with Crippen molar-refractivity contribution in [3.63, 3.8) is 0 Å². The quantitative estimate of drug-likeness (QED) is 0.656. The summed E-state index contributed by atoms with van der Waals surface area (Å²) >= 11 is 0. The van der Waals surface area contributed by atoms with E-state index in [0.717, 1.165) is 25.7 Å². The molecular formula is C17H29BN2O5. The van der Waals surface area contributed by atoms with Crippen molar-refractivity contribution in [2.75, 3.05) is 0 Å². The molecular weight excluding hydrogens is 323 g/mol. The lowest BCUT2D eigenvalue weighted by molar-refractivity contribution is -0.153. The van der Waals surface area contributed by atoms with Gasteiger partial charge in [-0.25, -0.2) is 4.79 Å². The summed E-state index contributed by atoms with van der Waals surface area (Å²) in [5, 5.41) is 19.0. The maximum Gasteiger partial charge on any atom is 0.326 e. The van der Waals surface area contributed by atoms with Crippen molar-refractivity contribution < 1.29 is 24.6 Å². The van der Waals surface area contributed by atoms with E-state index in [4.69, 9.17) is 0 Å². The Hall–Kier alpha value is -1.57. The second-order valence-corrected chi connectivity index (χ2v) is 7.43. The number of carboxylic acids is 2. The number of carboxylic acid groups (broad SMARTS) is 2. The Morgan fingerprint density at radius 2 is 1.88 bits per heavy atom. The second kappa shape index (κ2) is 8.21. The van der Waals surface area contributed by atoms with Crippen LogP contribution in [0.25, 0.3) is 0 Å². The molecule has 1 amide bonds. The van der Waals surface area contributed by atoms with Gasteiger partial charge in [0.05, 0.1) is 12.1 Å². The number of carbonyl (C=O) groups is 3. The molecule has 2 fully saturated rings. The minimum absolute atomic E-state index is 0.0207. The Morgan fingerprint density at radius 1 is 1.24 bits per heavy atom. The summed E-state index contributed by atoms with van der Waals surface area (Å²) in [6, 6.07) is -2.20. The molecule has 5 atom stereocenters. The molecule has 1 saturated heterocycles. The summed E-state index contributed by atoms with van der Waals surface area (Å²) in [6.07, 6.45) is 5.58. The molecule has 0 aromatic carbocycles. The zero-order valence-corrected chi connectivity index (χ0v) is 15.4. The Morgan fingerprint density at radius 3 is 2.44 bits per heavy atom. The van der Waals surface area contributed by atoms with Gasteiger partial charge in [-0.15, -0.1) is 0 Å². The van der Waals surface area contributed by atoms with Crippen molar-refractivity contribution in [3.05, 3.63) is 0 Å². The number of likely N-dealkylation sites (tertiary alicyclic amines) is 1. The molecule has 2 rings (SSSR count). The van der Waals surface area contributed by atoms with Crippen molar-refractivity contribution >= 4 is 25.8 Å². The molecule has 1 saturated carbocycles. The lowest BCUT2D eigenvalue weighted by atomic mass is 9.84. The number of amides is 1. The summed E-state index contributed by atoms with van der Waals surface area (Å²) in [4.78, 5) is 39.5. The lowest BCUT2D eigenvalue weighted by Crippen LogP contribution is -2.56. The molecule has 8 heteroatoms. The van der Waals surface area contributed by atoms with E-state index >= 15 is 0 Å². The van der Waals surface area contributed by atoms with E-state index in [2.05, 4.69) is 0 Å². The number of fused-ring (bicyclic) bond motifs is 1. The van der Waals surface area contributed by atoms with Gasteiger partial charge in [0, 0.05) is 6.04 Å². The molecule has 140 valence electrons. The minimum atomic E-state index is -0.957. The summed E-state index contributed by atoms with van der Waals surface area (Å²) in [6.45, 7) is 3.59. The zero-order chi connectivity index (χ0) is 18.7. The normalized spacial score (nSPS) is 28.4. The molecule has 0 radical (unpaired) electrons. The van der Waals surface area contributed by atoms with Crippen molar-refractivity contribution in [3.8, 4) is 0 Å². The Kier molecular flexibility index (Phi) is 6.49. The van der Waals surface area contributed by atoms with E-state index in [1.165, 1.54) is 0 Å². The Balaban J connectivity index is 2.20. The van der Waals surface area contributed by atoms with Crippen LogP contribution in [0, 0.1) is 5.92 Å². The third-order valence-electron chi connectivity index (χ3n) is 5.93.